The van der Waals surface area contributed by atoms with E-state index in [-0.39, 0.29) is 21.4 Å². The van der Waals surface area contributed by atoms with Crippen molar-refractivity contribution in [2.45, 2.75) is 29.6 Å². The average Bonchev–Trinajstić information content (AvgIpc) is 2.67. The molecule has 0 unspecified atom stereocenters. The second-order valence-electron chi connectivity index (χ2n) is 6.85. The van der Waals surface area contributed by atoms with Gasteiger partial charge in [0.15, 0.2) is 0 Å². The summed E-state index contributed by atoms with van der Waals surface area (Å²) in [5.41, 5.74) is -0.546. The highest BCUT2D eigenvalue weighted by atomic mass is 35.5. The van der Waals surface area contributed by atoms with Crippen molar-refractivity contribution >= 4 is 33.0 Å². The highest BCUT2D eigenvalue weighted by molar-refractivity contribution is 7.91. The minimum absolute atomic E-state index is 0.0283. The quantitative estimate of drug-likeness (QED) is 0.548. The molecule has 1 saturated heterocycles. The van der Waals surface area contributed by atoms with E-state index >= 15 is 0 Å². The third kappa shape index (κ3) is 3.88. The summed E-state index contributed by atoms with van der Waals surface area (Å²) in [5, 5.41) is 11.5. The number of rotatable bonds is 4. The summed E-state index contributed by atoms with van der Waals surface area (Å²) < 4.78 is 25.8. The SMILES string of the molecule is CC1CCN(C(=O)c2ccc(S(=O)(=O)c3ccccc3Cl)c([N+](=O)[O-])c2)CC1. The molecule has 3 rings (SSSR count). The van der Waals surface area contributed by atoms with E-state index in [1.807, 2.05) is 0 Å². The van der Waals surface area contributed by atoms with Gasteiger partial charge in [0.05, 0.1) is 14.8 Å². The van der Waals surface area contributed by atoms with Gasteiger partial charge in [-0.05, 0) is 43.0 Å². The van der Waals surface area contributed by atoms with Crippen LogP contribution in [0.1, 0.15) is 30.1 Å². The number of amides is 1. The monoisotopic (exact) mass is 422 g/mol. The van der Waals surface area contributed by atoms with Crippen molar-refractivity contribution in [2.75, 3.05) is 13.1 Å². The summed E-state index contributed by atoms with van der Waals surface area (Å²) in [7, 11) is -4.22. The number of carbonyl (C=O) groups is 1. The summed E-state index contributed by atoms with van der Waals surface area (Å²) in [4.78, 5) is 24.4. The molecule has 7 nitrogen and oxygen atoms in total. The van der Waals surface area contributed by atoms with Crippen LogP contribution in [0, 0.1) is 16.0 Å². The Labute approximate surface area is 168 Å². The fraction of sp³-hybridized carbons (Fsp3) is 0.316. The number of nitrogens with zero attached hydrogens (tertiary/aromatic N) is 2. The number of piperidine rings is 1. The van der Waals surface area contributed by atoms with Crippen LogP contribution in [0.15, 0.2) is 52.3 Å². The van der Waals surface area contributed by atoms with Gasteiger partial charge in [-0.25, -0.2) is 8.42 Å². The Morgan fingerprint density at radius 3 is 2.39 bits per heavy atom. The lowest BCUT2D eigenvalue weighted by molar-refractivity contribution is -0.387. The molecule has 0 atom stereocenters. The smallest absolute Gasteiger partial charge is 0.289 e. The molecule has 0 saturated carbocycles. The van der Waals surface area contributed by atoms with Crippen LogP contribution < -0.4 is 0 Å². The third-order valence-corrected chi connectivity index (χ3v) is 7.19. The van der Waals surface area contributed by atoms with Crippen molar-refractivity contribution in [3.8, 4) is 0 Å². The highest BCUT2D eigenvalue weighted by Crippen LogP contribution is 2.33. The standard InChI is InChI=1S/C19H19ClN2O5S/c1-13-8-10-21(11-9-13)19(23)14-6-7-18(16(12-14)22(24)25)28(26,27)17-5-3-2-4-15(17)20/h2-7,12-13H,8-11H2,1H3. The molecule has 0 N–H and O–H groups in total. The van der Waals surface area contributed by atoms with E-state index in [0.717, 1.165) is 25.0 Å². The number of likely N-dealkylation sites (tertiary alicyclic amines) is 1. The molecule has 1 fully saturated rings. The first kappa shape index (κ1) is 20.3. The maximum Gasteiger partial charge on any atom is 0.289 e. The Kier molecular flexibility index (Phi) is 5.71. The summed E-state index contributed by atoms with van der Waals surface area (Å²) in [6, 6.07) is 9.19. The van der Waals surface area contributed by atoms with Crippen LogP contribution in [0.4, 0.5) is 5.69 Å². The minimum Gasteiger partial charge on any atom is -0.339 e. The molecule has 1 aliphatic rings. The zero-order valence-corrected chi connectivity index (χ0v) is 16.7. The van der Waals surface area contributed by atoms with E-state index in [9.17, 15) is 23.3 Å². The van der Waals surface area contributed by atoms with Gasteiger partial charge >= 0.3 is 0 Å². The molecule has 1 aliphatic heterocycles. The van der Waals surface area contributed by atoms with Crippen molar-refractivity contribution in [1.82, 2.24) is 4.90 Å². The molecule has 148 valence electrons. The van der Waals surface area contributed by atoms with Crippen molar-refractivity contribution in [2.24, 2.45) is 5.92 Å². The van der Waals surface area contributed by atoms with Crippen molar-refractivity contribution in [3.05, 3.63) is 63.2 Å². The fourth-order valence-corrected chi connectivity index (χ4v) is 5.11. The zero-order valence-electron chi connectivity index (χ0n) is 15.2. The van der Waals surface area contributed by atoms with Crippen molar-refractivity contribution < 1.29 is 18.1 Å². The Hall–Kier alpha value is -2.45. The Balaban J connectivity index is 2.02. The molecule has 1 heterocycles. The molecular formula is C19H19ClN2O5S. The molecule has 2 aromatic rings. The first-order valence-corrected chi connectivity index (χ1v) is 10.6. The summed E-state index contributed by atoms with van der Waals surface area (Å²) in [6.07, 6.45) is 1.74. The number of carbonyl (C=O) groups excluding carboxylic acids is 1. The minimum atomic E-state index is -4.22. The lowest BCUT2D eigenvalue weighted by atomic mass is 9.98. The predicted octanol–water partition coefficient (Wildman–Crippen LogP) is 3.95. The normalized spacial score (nSPS) is 15.4. The number of nitro groups is 1. The Morgan fingerprint density at radius 2 is 1.79 bits per heavy atom. The van der Waals surface area contributed by atoms with E-state index < -0.39 is 25.3 Å². The second-order valence-corrected chi connectivity index (χ2v) is 9.14. The molecule has 0 spiro atoms. The van der Waals surface area contributed by atoms with Gasteiger partial charge in [-0.2, -0.15) is 0 Å². The van der Waals surface area contributed by atoms with Crippen LogP contribution in [0.5, 0.6) is 0 Å². The number of hydrogen-bond donors (Lipinski definition) is 0. The van der Waals surface area contributed by atoms with Crippen molar-refractivity contribution in [3.63, 3.8) is 0 Å². The lowest BCUT2D eigenvalue weighted by Crippen LogP contribution is -2.37. The Bertz CT molecular complexity index is 1030. The van der Waals surface area contributed by atoms with E-state index in [0.29, 0.717) is 19.0 Å². The van der Waals surface area contributed by atoms with Gasteiger partial charge in [0.1, 0.15) is 4.90 Å². The largest absolute Gasteiger partial charge is 0.339 e. The molecule has 0 aliphatic carbocycles. The molecule has 9 heteroatoms. The van der Waals surface area contributed by atoms with Gasteiger partial charge in [-0.15, -0.1) is 0 Å². The van der Waals surface area contributed by atoms with Crippen molar-refractivity contribution in [1.29, 1.82) is 0 Å². The summed E-state index contributed by atoms with van der Waals surface area (Å²) in [6.45, 7) is 3.27. The van der Waals surface area contributed by atoms with Crippen LogP contribution in [0.3, 0.4) is 0 Å². The number of halogens is 1. The van der Waals surface area contributed by atoms with E-state index in [4.69, 9.17) is 11.6 Å². The number of sulfone groups is 1. The van der Waals surface area contributed by atoms with Gasteiger partial charge in [0.25, 0.3) is 11.6 Å². The highest BCUT2D eigenvalue weighted by Gasteiger charge is 2.31. The first-order valence-electron chi connectivity index (χ1n) is 8.79. The predicted molar refractivity (Wildman–Crippen MR) is 104 cm³/mol. The van der Waals surface area contributed by atoms with Crippen LogP contribution >= 0.6 is 11.6 Å². The maximum atomic E-state index is 12.9. The van der Waals surface area contributed by atoms with Crippen LogP contribution in [0.25, 0.3) is 0 Å². The second kappa shape index (κ2) is 7.89. The topological polar surface area (TPSA) is 97.6 Å². The zero-order chi connectivity index (χ0) is 20.5. The first-order chi connectivity index (χ1) is 13.2. The molecule has 0 aromatic heterocycles. The number of hydrogen-bond acceptors (Lipinski definition) is 5. The molecular weight excluding hydrogens is 404 g/mol. The maximum absolute atomic E-state index is 12.9. The molecule has 2 aromatic carbocycles. The van der Waals surface area contributed by atoms with Gasteiger partial charge in [-0.3, -0.25) is 14.9 Å². The van der Waals surface area contributed by atoms with Gasteiger partial charge < -0.3 is 4.90 Å². The number of benzene rings is 2. The summed E-state index contributed by atoms with van der Waals surface area (Å²) in [5.74, 6) is 0.193. The number of nitro benzene ring substituents is 1. The van der Waals surface area contributed by atoms with Gasteiger partial charge in [0, 0.05) is 24.7 Å². The fourth-order valence-electron chi connectivity index (χ4n) is 3.20. The molecule has 1 amide bonds. The average molecular weight is 423 g/mol. The molecule has 0 radical (unpaired) electrons. The van der Waals surface area contributed by atoms with Gasteiger partial charge in [0.2, 0.25) is 9.84 Å². The lowest BCUT2D eigenvalue weighted by Gasteiger charge is -2.30. The van der Waals surface area contributed by atoms with E-state index in [2.05, 4.69) is 6.92 Å². The van der Waals surface area contributed by atoms with Crippen LogP contribution in [-0.2, 0) is 9.84 Å². The Morgan fingerprint density at radius 1 is 1.14 bits per heavy atom. The van der Waals surface area contributed by atoms with E-state index in [1.54, 1.807) is 11.0 Å². The third-order valence-electron chi connectivity index (χ3n) is 4.89. The summed E-state index contributed by atoms with van der Waals surface area (Å²) >= 11 is 5.98. The van der Waals surface area contributed by atoms with Crippen LogP contribution in [0.2, 0.25) is 5.02 Å². The molecule has 28 heavy (non-hydrogen) atoms. The van der Waals surface area contributed by atoms with Gasteiger partial charge in [-0.1, -0.05) is 30.7 Å². The van der Waals surface area contributed by atoms with E-state index in [1.165, 1.54) is 24.3 Å². The molecule has 0 bridgehead atoms. The van der Waals surface area contributed by atoms with Crippen LogP contribution in [-0.4, -0.2) is 37.2 Å².